The van der Waals surface area contributed by atoms with Gasteiger partial charge in [0.2, 0.25) is 11.8 Å². The van der Waals surface area contributed by atoms with Crippen LogP contribution < -0.4 is 30.7 Å². The van der Waals surface area contributed by atoms with Crippen LogP contribution in [0.5, 0.6) is 11.5 Å². The number of nitrogens with one attached hydrogen (secondary N) is 4. The topological polar surface area (TPSA) is 155 Å². The number of carbonyl (C=O) groups excluding carboxylic acids is 3. The van der Waals surface area contributed by atoms with Gasteiger partial charge in [-0.15, -0.1) is 0 Å². The van der Waals surface area contributed by atoms with E-state index in [0.717, 1.165) is 5.56 Å². The molecule has 0 unspecified atom stereocenters. The smallest absolute Gasteiger partial charge is 0.323 e. The minimum absolute atomic E-state index is 0.129. The minimum atomic E-state index is -1.10. The summed E-state index contributed by atoms with van der Waals surface area (Å²) in [6.07, 6.45) is -0.486. The lowest BCUT2D eigenvalue weighted by Gasteiger charge is -2.21. The highest BCUT2D eigenvalue weighted by Crippen LogP contribution is 2.31. The normalized spacial score (nSPS) is 11.9. The molecule has 3 aromatic carbocycles. The van der Waals surface area contributed by atoms with Crippen LogP contribution in [0, 0.1) is 12.8 Å². The van der Waals surface area contributed by atoms with Gasteiger partial charge in [-0.1, -0.05) is 31.2 Å². The number of urea groups is 1. The Labute approximate surface area is 238 Å². The van der Waals surface area contributed by atoms with Crippen LogP contribution in [0.4, 0.5) is 21.9 Å². The summed E-state index contributed by atoms with van der Waals surface area (Å²) in [7, 11) is 2.94. The number of carboxylic acid groups (broad SMARTS) is 1. The van der Waals surface area contributed by atoms with Gasteiger partial charge in [0.25, 0.3) is 0 Å². The quantitative estimate of drug-likeness (QED) is 0.209. The highest BCUT2D eigenvalue weighted by Gasteiger charge is 2.24. The molecule has 0 heterocycles. The molecule has 0 aliphatic carbocycles. The van der Waals surface area contributed by atoms with Crippen LogP contribution >= 0.6 is 0 Å². The van der Waals surface area contributed by atoms with E-state index in [-0.39, 0.29) is 12.8 Å². The van der Waals surface area contributed by atoms with E-state index in [2.05, 4.69) is 21.3 Å². The summed E-state index contributed by atoms with van der Waals surface area (Å²) in [6, 6.07) is 17.6. The molecule has 216 valence electrons. The van der Waals surface area contributed by atoms with Crippen molar-refractivity contribution >= 4 is 40.9 Å². The third kappa shape index (κ3) is 8.99. The molecule has 11 nitrogen and oxygen atoms in total. The van der Waals surface area contributed by atoms with Crippen molar-refractivity contribution in [2.45, 2.75) is 32.7 Å². The molecule has 2 atom stereocenters. The molecule has 0 saturated heterocycles. The number of amides is 4. The summed E-state index contributed by atoms with van der Waals surface area (Å²) in [4.78, 5) is 49.3. The predicted molar refractivity (Wildman–Crippen MR) is 155 cm³/mol. The second-order valence-electron chi connectivity index (χ2n) is 9.40. The fraction of sp³-hybridized carbons (Fsp3) is 0.267. The molecule has 0 saturated carbocycles. The number of aryl methyl sites for hydroxylation is 1. The molecule has 0 spiro atoms. The molecule has 0 bridgehead atoms. The van der Waals surface area contributed by atoms with E-state index in [1.165, 1.54) is 14.2 Å². The van der Waals surface area contributed by atoms with Gasteiger partial charge >= 0.3 is 12.0 Å². The van der Waals surface area contributed by atoms with E-state index < -0.39 is 35.8 Å². The Hall–Kier alpha value is -5.06. The first-order chi connectivity index (χ1) is 19.6. The van der Waals surface area contributed by atoms with Crippen LogP contribution in [-0.4, -0.2) is 43.1 Å². The van der Waals surface area contributed by atoms with Crippen molar-refractivity contribution < 1.29 is 33.8 Å². The highest BCUT2D eigenvalue weighted by molar-refractivity contribution is 6.00. The summed E-state index contributed by atoms with van der Waals surface area (Å²) >= 11 is 0. The van der Waals surface area contributed by atoms with Gasteiger partial charge in [0.15, 0.2) is 11.5 Å². The minimum Gasteiger partial charge on any atom is -0.493 e. The van der Waals surface area contributed by atoms with E-state index in [9.17, 15) is 24.3 Å². The molecule has 5 N–H and O–H groups in total. The lowest BCUT2D eigenvalue weighted by molar-refractivity contribution is -0.138. The second kappa shape index (κ2) is 14.4. The van der Waals surface area contributed by atoms with Crippen LogP contribution in [0.2, 0.25) is 0 Å². The molecule has 41 heavy (non-hydrogen) atoms. The molecule has 0 fully saturated rings. The van der Waals surface area contributed by atoms with Crippen LogP contribution in [0.15, 0.2) is 66.7 Å². The van der Waals surface area contributed by atoms with Crippen LogP contribution in [0.3, 0.4) is 0 Å². The molecule has 0 aliphatic heterocycles. The number of carbonyl (C=O) groups is 4. The van der Waals surface area contributed by atoms with Gasteiger partial charge in [-0.25, -0.2) is 4.79 Å². The zero-order chi connectivity index (χ0) is 29.9. The monoisotopic (exact) mass is 562 g/mol. The average Bonchev–Trinajstić information content (AvgIpc) is 2.94. The predicted octanol–water partition coefficient (Wildman–Crippen LogP) is 4.95. The number of hydrogen-bond acceptors (Lipinski definition) is 6. The van der Waals surface area contributed by atoms with Gasteiger partial charge in [-0.3, -0.25) is 14.4 Å². The first-order valence-corrected chi connectivity index (χ1v) is 12.9. The van der Waals surface area contributed by atoms with E-state index in [1.807, 2.05) is 25.1 Å². The summed E-state index contributed by atoms with van der Waals surface area (Å²) < 4.78 is 10.5. The fourth-order valence-electron chi connectivity index (χ4n) is 4.03. The van der Waals surface area contributed by atoms with Crippen molar-refractivity contribution in [1.29, 1.82) is 0 Å². The number of methoxy groups -OCH3 is 2. The van der Waals surface area contributed by atoms with Crippen molar-refractivity contribution in [3.8, 4) is 11.5 Å². The number of rotatable bonds is 12. The molecule has 11 heteroatoms. The highest BCUT2D eigenvalue weighted by atomic mass is 16.5. The molecule has 0 radical (unpaired) electrons. The Balaban J connectivity index is 1.55. The Morgan fingerprint density at radius 1 is 0.805 bits per heavy atom. The number of hydrogen-bond donors (Lipinski definition) is 5. The lowest BCUT2D eigenvalue weighted by Crippen LogP contribution is -2.35. The van der Waals surface area contributed by atoms with Gasteiger partial charge in [-0.2, -0.15) is 0 Å². The molecule has 0 aliphatic rings. The Kier molecular flexibility index (Phi) is 10.7. The number of anilines is 3. The lowest BCUT2D eigenvalue weighted by atomic mass is 10.0. The van der Waals surface area contributed by atoms with Crippen molar-refractivity contribution in [3.63, 3.8) is 0 Å². The average molecular weight is 563 g/mol. The van der Waals surface area contributed by atoms with Crippen molar-refractivity contribution in [3.05, 3.63) is 77.9 Å². The third-order valence-corrected chi connectivity index (χ3v) is 6.26. The number of benzene rings is 3. The standard InChI is InChI=1S/C30H34N4O7/c1-18-7-5-6-8-23(18)34-30(39)32-22-12-10-21(11-13-22)31-27(35)15-19(2)29(38)33-24(17-28(36)37)20-9-14-25(40-3)26(16-20)41-4/h5-14,16,19,24H,15,17H2,1-4H3,(H,31,35)(H,33,38)(H,36,37)(H2,32,34,39)/t19-,24-/m0/s1. The summed E-state index contributed by atoms with van der Waals surface area (Å²) in [5.74, 6) is -1.84. The Morgan fingerprint density at radius 2 is 1.44 bits per heavy atom. The SMILES string of the molecule is COc1ccc([C@H](CC(=O)O)NC(=O)[C@@H](C)CC(=O)Nc2ccc(NC(=O)Nc3ccccc3C)cc2)cc1OC. The first kappa shape index (κ1) is 30.5. The molecule has 3 aromatic rings. The number of para-hydroxylation sites is 1. The van der Waals surface area contributed by atoms with E-state index in [4.69, 9.17) is 9.47 Å². The summed E-state index contributed by atoms with van der Waals surface area (Å²) in [6.45, 7) is 3.48. The second-order valence-corrected chi connectivity index (χ2v) is 9.40. The van der Waals surface area contributed by atoms with Crippen molar-refractivity contribution in [2.75, 3.05) is 30.2 Å². The molecule has 4 amide bonds. The third-order valence-electron chi connectivity index (χ3n) is 6.26. The van der Waals surface area contributed by atoms with Gasteiger partial charge < -0.3 is 35.8 Å². The maximum Gasteiger partial charge on any atom is 0.323 e. The zero-order valence-electron chi connectivity index (χ0n) is 23.3. The van der Waals surface area contributed by atoms with Crippen LogP contribution in [0.1, 0.15) is 36.9 Å². The summed E-state index contributed by atoms with van der Waals surface area (Å²) in [5.41, 5.74) is 3.17. The van der Waals surface area contributed by atoms with Crippen molar-refractivity contribution in [2.24, 2.45) is 5.92 Å². The number of carboxylic acids is 1. The Morgan fingerprint density at radius 3 is 2.05 bits per heavy atom. The van der Waals surface area contributed by atoms with E-state index in [1.54, 1.807) is 55.5 Å². The maximum atomic E-state index is 12.9. The van der Waals surface area contributed by atoms with Crippen LogP contribution in [-0.2, 0) is 14.4 Å². The van der Waals surface area contributed by atoms with E-state index >= 15 is 0 Å². The zero-order valence-corrected chi connectivity index (χ0v) is 23.3. The summed E-state index contributed by atoms with van der Waals surface area (Å²) in [5, 5.41) is 20.3. The molecular formula is C30H34N4O7. The van der Waals surface area contributed by atoms with E-state index in [0.29, 0.717) is 34.1 Å². The van der Waals surface area contributed by atoms with Gasteiger partial charge in [0.1, 0.15) is 0 Å². The largest absolute Gasteiger partial charge is 0.493 e. The van der Waals surface area contributed by atoms with Gasteiger partial charge in [0, 0.05) is 29.4 Å². The molecule has 0 aromatic heterocycles. The van der Waals surface area contributed by atoms with Gasteiger partial charge in [-0.05, 0) is 60.5 Å². The van der Waals surface area contributed by atoms with Crippen molar-refractivity contribution in [1.82, 2.24) is 5.32 Å². The first-order valence-electron chi connectivity index (χ1n) is 12.9. The Bertz CT molecular complexity index is 1390. The maximum absolute atomic E-state index is 12.9. The number of ether oxygens (including phenoxy) is 2. The fourth-order valence-corrected chi connectivity index (χ4v) is 4.03. The van der Waals surface area contributed by atoms with Crippen LogP contribution in [0.25, 0.3) is 0 Å². The molecule has 3 rings (SSSR count). The number of aliphatic carboxylic acids is 1. The van der Waals surface area contributed by atoms with Gasteiger partial charge in [0.05, 0.1) is 26.7 Å². The molecular weight excluding hydrogens is 528 g/mol.